The van der Waals surface area contributed by atoms with E-state index in [0.717, 1.165) is 12.0 Å². The topological polar surface area (TPSA) is 29.1 Å². The number of nitrogens with one attached hydrogen (secondary N) is 1. The molecule has 0 fully saturated rings. The van der Waals surface area contributed by atoms with E-state index in [1.807, 2.05) is 20.8 Å². The molecule has 0 heterocycles. The minimum Gasteiger partial charge on any atom is -0.353 e. The molecule has 0 bridgehead atoms. The molecular formula is C9H17NO. The molecule has 0 radical (unpaired) electrons. The minimum absolute atomic E-state index is 0.0758. The van der Waals surface area contributed by atoms with Gasteiger partial charge >= 0.3 is 0 Å². The summed E-state index contributed by atoms with van der Waals surface area (Å²) in [6, 6.07) is 0.279. The fourth-order valence-corrected chi connectivity index (χ4v) is 0.702. The van der Waals surface area contributed by atoms with Gasteiger partial charge in [0.25, 0.3) is 0 Å². The van der Waals surface area contributed by atoms with E-state index in [1.165, 1.54) is 0 Å². The van der Waals surface area contributed by atoms with Crippen LogP contribution in [0, 0.1) is 0 Å². The van der Waals surface area contributed by atoms with E-state index in [9.17, 15) is 4.79 Å². The summed E-state index contributed by atoms with van der Waals surface area (Å²) in [7, 11) is 0. The van der Waals surface area contributed by atoms with Crippen LogP contribution in [0.15, 0.2) is 12.2 Å². The number of rotatable bonds is 4. The molecule has 0 aliphatic heterocycles. The second-order valence-electron chi connectivity index (χ2n) is 3.01. The molecule has 0 saturated heterocycles. The minimum atomic E-state index is 0.0758. The number of hydrogen-bond donors (Lipinski definition) is 1. The van der Waals surface area contributed by atoms with E-state index in [1.54, 1.807) is 0 Å². The first-order valence-corrected chi connectivity index (χ1v) is 4.00. The van der Waals surface area contributed by atoms with Crippen LogP contribution in [-0.2, 0) is 4.79 Å². The largest absolute Gasteiger partial charge is 0.353 e. The van der Waals surface area contributed by atoms with Crippen molar-refractivity contribution in [3.05, 3.63) is 12.2 Å². The lowest BCUT2D eigenvalue weighted by atomic mass is 10.2. The van der Waals surface area contributed by atoms with Crippen molar-refractivity contribution in [2.45, 2.75) is 39.7 Å². The zero-order valence-corrected chi connectivity index (χ0v) is 7.61. The van der Waals surface area contributed by atoms with Gasteiger partial charge in [-0.1, -0.05) is 19.1 Å². The molecule has 1 unspecified atom stereocenters. The fourth-order valence-electron chi connectivity index (χ4n) is 0.702. The van der Waals surface area contributed by atoms with Gasteiger partial charge in [-0.15, -0.1) is 0 Å². The third kappa shape index (κ3) is 5.64. The molecule has 0 aromatic heterocycles. The molecule has 2 heteroatoms. The summed E-state index contributed by atoms with van der Waals surface area (Å²) in [5.41, 5.74) is 0.908. The number of carbonyl (C=O) groups is 1. The van der Waals surface area contributed by atoms with Gasteiger partial charge in [0.05, 0.1) is 0 Å². The molecular weight excluding hydrogens is 138 g/mol. The van der Waals surface area contributed by atoms with E-state index in [4.69, 9.17) is 0 Å². The Labute approximate surface area is 68.7 Å². The van der Waals surface area contributed by atoms with E-state index in [0.29, 0.717) is 6.42 Å². The summed E-state index contributed by atoms with van der Waals surface area (Å²) < 4.78 is 0. The number of hydrogen-bond acceptors (Lipinski definition) is 1. The van der Waals surface area contributed by atoms with Crippen molar-refractivity contribution in [3.8, 4) is 0 Å². The van der Waals surface area contributed by atoms with Gasteiger partial charge in [-0.05, 0) is 20.3 Å². The highest BCUT2D eigenvalue weighted by Gasteiger charge is 2.03. The molecule has 2 nitrogen and oxygen atoms in total. The molecule has 1 amide bonds. The lowest BCUT2D eigenvalue weighted by Crippen LogP contribution is -2.31. The van der Waals surface area contributed by atoms with Crippen LogP contribution >= 0.6 is 0 Å². The standard InChI is InChI=1S/C9H17NO/c1-5-8(4)10-9(11)6-7(2)3/h8H,2,5-6H2,1,3-4H3,(H,10,11). The zero-order chi connectivity index (χ0) is 8.85. The van der Waals surface area contributed by atoms with E-state index in [2.05, 4.69) is 11.9 Å². The first-order chi connectivity index (χ1) is 5.06. The Balaban J connectivity index is 3.60. The van der Waals surface area contributed by atoms with Gasteiger partial charge in [0.1, 0.15) is 0 Å². The maximum Gasteiger partial charge on any atom is 0.224 e. The van der Waals surface area contributed by atoms with Crippen LogP contribution in [0.25, 0.3) is 0 Å². The van der Waals surface area contributed by atoms with Crippen molar-refractivity contribution in [2.75, 3.05) is 0 Å². The SMILES string of the molecule is C=C(C)CC(=O)NC(C)CC. The Hall–Kier alpha value is -0.790. The lowest BCUT2D eigenvalue weighted by Gasteiger charge is -2.10. The summed E-state index contributed by atoms with van der Waals surface area (Å²) >= 11 is 0. The predicted octanol–water partition coefficient (Wildman–Crippen LogP) is 1.87. The van der Waals surface area contributed by atoms with Gasteiger partial charge in [-0.2, -0.15) is 0 Å². The van der Waals surface area contributed by atoms with Crippen molar-refractivity contribution in [1.29, 1.82) is 0 Å². The van der Waals surface area contributed by atoms with Gasteiger partial charge in [0, 0.05) is 12.5 Å². The average Bonchev–Trinajstić information content (AvgIpc) is 1.85. The van der Waals surface area contributed by atoms with Crippen LogP contribution in [0.3, 0.4) is 0 Å². The predicted molar refractivity (Wildman–Crippen MR) is 47.3 cm³/mol. The fraction of sp³-hybridized carbons (Fsp3) is 0.667. The van der Waals surface area contributed by atoms with Crippen LogP contribution in [0.2, 0.25) is 0 Å². The van der Waals surface area contributed by atoms with Crippen LogP contribution < -0.4 is 5.32 Å². The smallest absolute Gasteiger partial charge is 0.224 e. The van der Waals surface area contributed by atoms with Crippen molar-refractivity contribution in [3.63, 3.8) is 0 Å². The third-order valence-electron chi connectivity index (χ3n) is 1.48. The Kier molecular flexibility index (Phi) is 4.59. The molecule has 0 rings (SSSR count). The summed E-state index contributed by atoms with van der Waals surface area (Å²) in [4.78, 5) is 11.1. The Morgan fingerprint density at radius 3 is 2.55 bits per heavy atom. The molecule has 1 atom stereocenters. The number of amides is 1. The van der Waals surface area contributed by atoms with Crippen molar-refractivity contribution in [2.24, 2.45) is 0 Å². The second-order valence-corrected chi connectivity index (χ2v) is 3.01. The summed E-state index contributed by atoms with van der Waals surface area (Å²) in [5, 5.41) is 2.86. The van der Waals surface area contributed by atoms with Crippen molar-refractivity contribution >= 4 is 5.91 Å². The Morgan fingerprint density at radius 1 is 1.64 bits per heavy atom. The molecule has 1 N–H and O–H groups in total. The second kappa shape index (κ2) is 4.94. The first kappa shape index (κ1) is 10.2. The Morgan fingerprint density at radius 2 is 2.18 bits per heavy atom. The van der Waals surface area contributed by atoms with E-state index < -0.39 is 0 Å². The summed E-state index contributed by atoms with van der Waals surface area (Å²) in [6.07, 6.45) is 1.42. The van der Waals surface area contributed by atoms with Gasteiger partial charge in [0.15, 0.2) is 0 Å². The monoisotopic (exact) mass is 155 g/mol. The molecule has 0 aliphatic carbocycles. The summed E-state index contributed by atoms with van der Waals surface area (Å²) in [6.45, 7) is 9.57. The highest BCUT2D eigenvalue weighted by molar-refractivity contribution is 5.78. The van der Waals surface area contributed by atoms with Crippen LogP contribution in [0.1, 0.15) is 33.6 Å². The van der Waals surface area contributed by atoms with E-state index >= 15 is 0 Å². The molecule has 0 saturated carbocycles. The van der Waals surface area contributed by atoms with Crippen LogP contribution in [0.4, 0.5) is 0 Å². The van der Waals surface area contributed by atoms with Gasteiger partial charge in [0.2, 0.25) is 5.91 Å². The highest BCUT2D eigenvalue weighted by Crippen LogP contribution is 1.96. The number of carbonyl (C=O) groups excluding carboxylic acids is 1. The zero-order valence-electron chi connectivity index (χ0n) is 7.61. The molecule has 0 aromatic rings. The van der Waals surface area contributed by atoms with Gasteiger partial charge in [-0.3, -0.25) is 4.79 Å². The molecule has 11 heavy (non-hydrogen) atoms. The first-order valence-electron chi connectivity index (χ1n) is 4.00. The quantitative estimate of drug-likeness (QED) is 0.617. The molecule has 0 aliphatic rings. The maximum atomic E-state index is 11.1. The van der Waals surface area contributed by atoms with Gasteiger partial charge < -0.3 is 5.32 Å². The molecule has 0 aromatic carbocycles. The summed E-state index contributed by atoms with van der Waals surface area (Å²) in [5.74, 6) is 0.0758. The average molecular weight is 155 g/mol. The van der Waals surface area contributed by atoms with E-state index in [-0.39, 0.29) is 11.9 Å². The molecule has 0 spiro atoms. The van der Waals surface area contributed by atoms with Gasteiger partial charge in [-0.25, -0.2) is 0 Å². The highest BCUT2D eigenvalue weighted by atomic mass is 16.1. The van der Waals surface area contributed by atoms with Crippen LogP contribution in [-0.4, -0.2) is 11.9 Å². The van der Waals surface area contributed by atoms with Crippen molar-refractivity contribution in [1.82, 2.24) is 5.32 Å². The van der Waals surface area contributed by atoms with Crippen molar-refractivity contribution < 1.29 is 4.79 Å². The maximum absolute atomic E-state index is 11.1. The molecule has 64 valence electrons. The third-order valence-corrected chi connectivity index (χ3v) is 1.48. The lowest BCUT2D eigenvalue weighted by molar-refractivity contribution is -0.121. The van der Waals surface area contributed by atoms with Crippen LogP contribution in [0.5, 0.6) is 0 Å². The normalized spacial score (nSPS) is 12.3. The Bertz CT molecular complexity index is 152.